The second-order valence-corrected chi connectivity index (χ2v) is 1.94. The van der Waals surface area contributed by atoms with Crippen LogP contribution in [0.5, 0.6) is 0 Å². The van der Waals surface area contributed by atoms with E-state index in [1.54, 1.807) is 0 Å². The van der Waals surface area contributed by atoms with E-state index in [1.807, 2.05) is 6.08 Å². The van der Waals surface area contributed by atoms with Gasteiger partial charge in [0.25, 0.3) is 0 Å². The fourth-order valence-electron chi connectivity index (χ4n) is 0.455. The third kappa shape index (κ3) is 3.66. The van der Waals surface area contributed by atoms with Crippen LogP contribution in [0.15, 0.2) is 24.3 Å². The van der Waals surface area contributed by atoms with Crippen molar-refractivity contribution >= 4 is 0 Å². The topological polar surface area (TPSA) is 0 Å². The average molecular weight is 110 g/mol. The lowest BCUT2D eigenvalue weighted by atomic mass is 10.2. The molecule has 0 heteroatoms. The van der Waals surface area contributed by atoms with Gasteiger partial charge in [-0.2, -0.15) is 0 Å². The van der Waals surface area contributed by atoms with E-state index in [-0.39, 0.29) is 0 Å². The summed E-state index contributed by atoms with van der Waals surface area (Å²) in [6.07, 6.45) is 6.49. The average Bonchev–Trinajstić information content (AvgIpc) is 1.83. The van der Waals surface area contributed by atoms with Crippen molar-refractivity contribution in [3.8, 4) is 0 Å². The first-order valence-corrected chi connectivity index (χ1v) is 3.10. The van der Waals surface area contributed by atoms with Gasteiger partial charge in [0, 0.05) is 0 Å². The standard InChI is InChI=1S/C8H14/c1-4-6-7-8(3)5-2/h5,7H,2,4,6H2,1,3H3/b8-7-. The van der Waals surface area contributed by atoms with Crippen molar-refractivity contribution in [1.29, 1.82) is 0 Å². The maximum atomic E-state index is 3.65. The first-order chi connectivity index (χ1) is 3.81. The molecule has 0 heterocycles. The van der Waals surface area contributed by atoms with Crippen LogP contribution in [0.2, 0.25) is 0 Å². The summed E-state index contributed by atoms with van der Waals surface area (Å²) in [6.45, 7) is 7.89. The summed E-state index contributed by atoms with van der Waals surface area (Å²) >= 11 is 0. The van der Waals surface area contributed by atoms with Gasteiger partial charge in [-0.1, -0.05) is 37.6 Å². The number of unbranched alkanes of at least 4 members (excludes halogenated alkanes) is 1. The van der Waals surface area contributed by atoms with E-state index in [0.717, 1.165) is 0 Å². The molecule has 0 amide bonds. The number of rotatable bonds is 3. The van der Waals surface area contributed by atoms with Crippen molar-refractivity contribution < 1.29 is 0 Å². The largest absolute Gasteiger partial charge is 0.0988 e. The quantitative estimate of drug-likeness (QED) is 0.490. The Hall–Kier alpha value is -0.520. The minimum atomic E-state index is 1.18. The summed E-state index contributed by atoms with van der Waals surface area (Å²) in [5, 5.41) is 0. The second-order valence-electron chi connectivity index (χ2n) is 1.94. The van der Waals surface area contributed by atoms with E-state index in [2.05, 4.69) is 26.5 Å². The zero-order chi connectivity index (χ0) is 6.41. The van der Waals surface area contributed by atoms with Crippen LogP contribution in [-0.4, -0.2) is 0 Å². The predicted octanol–water partition coefficient (Wildman–Crippen LogP) is 2.92. The number of allylic oxidation sites excluding steroid dienone is 3. The monoisotopic (exact) mass is 110 g/mol. The minimum Gasteiger partial charge on any atom is -0.0988 e. The smallest absolute Gasteiger partial charge is 0.0348 e. The zero-order valence-electron chi connectivity index (χ0n) is 5.78. The highest BCUT2D eigenvalue weighted by atomic mass is 13.8. The van der Waals surface area contributed by atoms with Crippen LogP contribution < -0.4 is 0 Å². The van der Waals surface area contributed by atoms with Crippen molar-refractivity contribution in [3.63, 3.8) is 0 Å². The molecule has 0 aromatic heterocycles. The molecule has 0 aromatic carbocycles. The molecule has 0 saturated carbocycles. The summed E-state index contributed by atoms with van der Waals surface area (Å²) < 4.78 is 0. The number of hydrogen-bond acceptors (Lipinski definition) is 0. The van der Waals surface area contributed by atoms with Crippen molar-refractivity contribution in [1.82, 2.24) is 0 Å². The van der Waals surface area contributed by atoms with E-state index in [9.17, 15) is 0 Å². The van der Waals surface area contributed by atoms with Crippen LogP contribution in [0.25, 0.3) is 0 Å². The van der Waals surface area contributed by atoms with Gasteiger partial charge in [-0.15, -0.1) is 0 Å². The lowest BCUT2D eigenvalue weighted by Crippen LogP contribution is -1.66. The Balaban J connectivity index is 3.40. The van der Waals surface area contributed by atoms with Gasteiger partial charge in [0.2, 0.25) is 0 Å². The van der Waals surface area contributed by atoms with Crippen molar-refractivity contribution in [2.75, 3.05) is 0 Å². The van der Waals surface area contributed by atoms with E-state index >= 15 is 0 Å². The highest BCUT2D eigenvalue weighted by molar-refractivity contribution is 5.12. The Morgan fingerprint density at radius 1 is 1.62 bits per heavy atom. The van der Waals surface area contributed by atoms with Crippen LogP contribution in [0.4, 0.5) is 0 Å². The highest BCUT2D eigenvalue weighted by Crippen LogP contribution is 1.96. The lowest BCUT2D eigenvalue weighted by Gasteiger charge is -1.87. The van der Waals surface area contributed by atoms with Crippen LogP contribution in [0.1, 0.15) is 26.7 Å². The molecular formula is C8H14. The minimum absolute atomic E-state index is 1.18. The van der Waals surface area contributed by atoms with Crippen molar-refractivity contribution in [2.45, 2.75) is 26.7 Å². The Morgan fingerprint density at radius 3 is 2.62 bits per heavy atom. The van der Waals surface area contributed by atoms with E-state index in [0.29, 0.717) is 0 Å². The van der Waals surface area contributed by atoms with E-state index in [4.69, 9.17) is 0 Å². The van der Waals surface area contributed by atoms with Crippen LogP contribution in [0.3, 0.4) is 0 Å². The molecule has 0 aliphatic heterocycles. The molecule has 0 bridgehead atoms. The number of hydrogen-bond donors (Lipinski definition) is 0. The van der Waals surface area contributed by atoms with Crippen LogP contribution in [0, 0.1) is 0 Å². The Labute approximate surface area is 51.9 Å². The van der Waals surface area contributed by atoms with E-state index < -0.39 is 0 Å². The Kier molecular flexibility index (Phi) is 4.33. The van der Waals surface area contributed by atoms with Gasteiger partial charge in [-0.25, -0.2) is 0 Å². The van der Waals surface area contributed by atoms with Crippen LogP contribution >= 0.6 is 0 Å². The predicted molar refractivity (Wildman–Crippen MR) is 38.9 cm³/mol. The van der Waals surface area contributed by atoms with Crippen LogP contribution in [-0.2, 0) is 0 Å². The molecule has 0 fully saturated rings. The van der Waals surface area contributed by atoms with Gasteiger partial charge >= 0.3 is 0 Å². The summed E-state index contributed by atoms with van der Waals surface area (Å²) in [6, 6.07) is 0. The molecule has 0 radical (unpaired) electrons. The zero-order valence-corrected chi connectivity index (χ0v) is 5.78. The molecule has 0 aromatic rings. The fourth-order valence-corrected chi connectivity index (χ4v) is 0.455. The maximum Gasteiger partial charge on any atom is -0.0348 e. The third-order valence-corrected chi connectivity index (χ3v) is 1.08. The molecule has 8 heavy (non-hydrogen) atoms. The molecule has 0 nitrogen and oxygen atoms in total. The summed E-state index contributed by atoms with van der Waals surface area (Å²) in [7, 11) is 0. The molecule has 0 N–H and O–H groups in total. The Bertz CT molecular complexity index is 88.2. The Morgan fingerprint density at radius 2 is 2.25 bits per heavy atom. The maximum absolute atomic E-state index is 3.65. The molecule has 0 saturated heterocycles. The molecular weight excluding hydrogens is 96.1 g/mol. The highest BCUT2D eigenvalue weighted by Gasteiger charge is 1.76. The first kappa shape index (κ1) is 7.48. The SMILES string of the molecule is C=C/C(C)=C\CCC. The molecule has 0 spiro atoms. The first-order valence-electron chi connectivity index (χ1n) is 3.10. The molecule has 0 atom stereocenters. The molecule has 0 rings (SSSR count). The molecule has 0 aliphatic carbocycles. The van der Waals surface area contributed by atoms with Crippen molar-refractivity contribution in [3.05, 3.63) is 24.3 Å². The summed E-state index contributed by atoms with van der Waals surface area (Å²) in [5.41, 5.74) is 1.28. The summed E-state index contributed by atoms with van der Waals surface area (Å²) in [4.78, 5) is 0. The van der Waals surface area contributed by atoms with Gasteiger partial charge in [0.05, 0.1) is 0 Å². The van der Waals surface area contributed by atoms with E-state index in [1.165, 1.54) is 18.4 Å². The van der Waals surface area contributed by atoms with Gasteiger partial charge in [0.15, 0.2) is 0 Å². The molecule has 46 valence electrons. The second kappa shape index (κ2) is 4.63. The third-order valence-electron chi connectivity index (χ3n) is 1.08. The summed E-state index contributed by atoms with van der Waals surface area (Å²) in [5.74, 6) is 0. The molecule has 0 aliphatic rings. The fraction of sp³-hybridized carbons (Fsp3) is 0.500. The van der Waals surface area contributed by atoms with Gasteiger partial charge in [0.1, 0.15) is 0 Å². The van der Waals surface area contributed by atoms with Gasteiger partial charge < -0.3 is 0 Å². The van der Waals surface area contributed by atoms with Gasteiger partial charge in [-0.3, -0.25) is 0 Å². The normalized spacial score (nSPS) is 11.5. The van der Waals surface area contributed by atoms with Crippen molar-refractivity contribution in [2.24, 2.45) is 0 Å². The van der Waals surface area contributed by atoms with Gasteiger partial charge in [-0.05, 0) is 13.3 Å². The molecule has 0 unspecified atom stereocenters. The lowest BCUT2D eigenvalue weighted by molar-refractivity contribution is 0.952.